The highest BCUT2D eigenvalue weighted by Gasteiger charge is 2.48. The summed E-state index contributed by atoms with van der Waals surface area (Å²) in [5, 5.41) is 3.49. The quantitative estimate of drug-likeness (QED) is 0.655. The van der Waals surface area contributed by atoms with Gasteiger partial charge in [-0.05, 0) is 32.2 Å². The van der Waals surface area contributed by atoms with Crippen LogP contribution in [0.4, 0.5) is 0 Å². The molecule has 2 fully saturated rings. The molecule has 14 heavy (non-hydrogen) atoms. The van der Waals surface area contributed by atoms with Crippen molar-refractivity contribution in [3.8, 4) is 12.3 Å². The highest BCUT2D eigenvalue weighted by molar-refractivity contribution is 5.05. The molecule has 78 valence electrons. The van der Waals surface area contributed by atoms with Crippen LogP contribution in [0.25, 0.3) is 0 Å². The molecular weight excluding hydrogens is 172 g/mol. The molecule has 2 aliphatic rings. The van der Waals surface area contributed by atoms with Crippen LogP contribution in [0.5, 0.6) is 0 Å². The van der Waals surface area contributed by atoms with Crippen molar-refractivity contribution in [1.29, 1.82) is 0 Å². The van der Waals surface area contributed by atoms with E-state index in [1.165, 1.54) is 19.6 Å². The molecule has 0 bridgehead atoms. The molecule has 0 spiro atoms. The number of hydrogen-bond donors (Lipinski definition) is 1. The van der Waals surface area contributed by atoms with Gasteiger partial charge >= 0.3 is 0 Å². The molecule has 2 unspecified atom stereocenters. The molecule has 0 aromatic rings. The third-order valence-electron chi connectivity index (χ3n) is 4.04. The predicted molar refractivity (Wildman–Crippen MR) is 59.0 cm³/mol. The minimum absolute atomic E-state index is 0.338. The van der Waals surface area contributed by atoms with E-state index < -0.39 is 0 Å². The Morgan fingerprint density at radius 3 is 2.93 bits per heavy atom. The number of terminal acetylenes is 1. The standard InChI is InChI=1S/C12H20N2/c1-4-5-6-14-9-10-7-13-8-11(10)12(14,2)3/h1,10-11,13H,5-9H2,2-3H3. The summed E-state index contributed by atoms with van der Waals surface area (Å²) < 4.78 is 0. The molecule has 0 radical (unpaired) electrons. The minimum Gasteiger partial charge on any atom is -0.316 e. The van der Waals surface area contributed by atoms with E-state index in [9.17, 15) is 0 Å². The van der Waals surface area contributed by atoms with Crippen LogP contribution in [-0.4, -0.2) is 36.6 Å². The maximum atomic E-state index is 5.32. The Morgan fingerprint density at radius 2 is 2.29 bits per heavy atom. The Kier molecular flexibility index (Phi) is 2.55. The van der Waals surface area contributed by atoms with Crippen LogP contribution in [0.1, 0.15) is 20.3 Å². The average molecular weight is 192 g/mol. The average Bonchev–Trinajstić information content (AvgIpc) is 2.66. The van der Waals surface area contributed by atoms with Gasteiger partial charge in [0.1, 0.15) is 0 Å². The van der Waals surface area contributed by atoms with Gasteiger partial charge in [0.25, 0.3) is 0 Å². The molecule has 0 amide bonds. The van der Waals surface area contributed by atoms with Crippen molar-refractivity contribution in [2.24, 2.45) is 11.8 Å². The van der Waals surface area contributed by atoms with Crippen molar-refractivity contribution in [1.82, 2.24) is 10.2 Å². The van der Waals surface area contributed by atoms with Gasteiger partial charge in [0.15, 0.2) is 0 Å². The Bertz CT molecular complexity index is 252. The largest absolute Gasteiger partial charge is 0.316 e. The summed E-state index contributed by atoms with van der Waals surface area (Å²) in [7, 11) is 0. The Labute approximate surface area is 87.1 Å². The summed E-state index contributed by atoms with van der Waals surface area (Å²) in [6.45, 7) is 9.40. The van der Waals surface area contributed by atoms with E-state index in [0.717, 1.165) is 24.8 Å². The third kappa shape index (κ3) is 1.45. The van der Waals surface area contributed by atoms with E-state index >= 15 is 0 Å². The predicted octanol–water partition coefficient (Wildman–Crippen LogP) is 0.940. The zero-order valence-electron chi connectivity index (χ0n) is 9.21. The summed E-state index contributed by atoms with van der Waals surface area (Å²) in [6, 6.07) is 0. The second-order valence-electron chi connectivity index (χ2n) is 5.08. The van der Waals surface area contributed by atoms with Crippen LogP contribution in [0, 0.1) is 24.2 Å². The lowest BCUT2D eigenvalue weighted by Gasteiger charge is -2.35. The van der Waals surface area contributed by atoms with Crippen molar-refractivity contribution < 1.29 is 0 Å². The van der Waals surface area contributed by atoms with Crippen molar-refractivity contribution in [2.75, 3.05) is 26.2 Å². The van der Waals surface area contributed by atoms with E-state index in [2.05, 4.69) is 30.0 Å². The SMILES string of the molecule is C#CCCN1CC2CNCC2C1(C)C. The van der Waals surface area contributed by atoms with E-state index in [4.69, 9.17) is 6.42 Å². The van der Waals surface area contributed by atoms with E-state index in [1.807, 2.05) is 0 Å². The Morgan fingerprint density at radius 1 is 1.50 bits per heavy atom. The van der Waals surface area contributed by atoms with Crippen LogP contribution < -0.4 is 5.32 Å². The Balaban J connectivity index is 2.04. The first-order chi connectivity index (χ1) is 6.66. The van der Waals surface area contributed by atoms with Crippen LogP contribution in [0.15, 0.2) is 0 Å². The Hall–Kier alpha value is -0.520. The lowest BCUT2D eigenvalue weighted by atomic mass is 9.85. The molecule has 0 aliphatic carbocycles. The van der Waals surface area contributed by atoms with Gasteiger partial charge in [-0.3, -0.25) is 4.90 Å². The number of fused-ring (bicyclic) bond motifs is 1. The molecule has 2 atom stereocenters. The first-order valence-electron chi connectivity index (χ1n) is 5.55. The van der Waals surface area contributed by atoms with Gasteiger partial charge in [-0.1, -0.05) is 0 Å². The number of likely N-dealkylation sites (tertiary alicyclic amines) is 1. The highest BCUT2D eigenvalue weighted by Crippen LogP contribution is 2.40. The fourth-order valence-corrected chi connectivity index (χ4v) is 3.08. The number of hydrogen-bond acceptors (Lipinski definition) is 2. The second-order valence-corrected chi connectivity index (χ2v) is 5.08. The summed E-state index contributed by atoms with van der Waals surface area (Å²) in [5.74, 6) is 4.41. The van der Waals surface area contributed by atoms with Crippen molar-refractivity contribution in [3.63, 3.8) is 0 Å². The number of nitrogens with one attached hydrogen (secondary N) is 1. The minimum atomic E-state index is 0.338. The van der Waals surface area contributed by atoms with Gasteiger partial charge in [0, 0.05) is 31.6 Å². The van der Waals surface area contributed by atoms with Gasteiger partial charge in [-0.15, -0.1) is 12.3 Å². The summed E-state index contributed by atoms with van der Waals surface area (Å²) in [4.78, 5) is 2.57. The van der Waals surface area contributed by atoms with E-state index in [1.54, 1.807) is 0 Å². The molecule has 0 saturated carbocycles. The molecule has 2 heterocycles. The lowest BCUT2D eigenvalue weighted by Crippen LogP contribution is -2.44. The molecule has 0 aromatic heterocycles. The van der Waals surface area contributed by atoms with Gasteiger partial charge < -0.3 is 5.32 Å². The molecule has 2 nitrogen and oxygen atoms in total. The molecular formula is C12H20N2. The van der Waals surface area contributed by atoms with Crippen LogP contribution in [0.2, 0.25) is 0 Å². The summed E-state index contributed by atoms with van der Waals surface area (Å²) in [6.07, 6.45) is 6.21. The van der Waals surface area contributed by atoms with Crippen LogP contribution in [0.3, 0.4) is 0 Å². The van der Waals surface area contributed by atoms with Crippen molar-refractivity contribution >= 4 is 0 Å². The summed E-state index contributed by atoms with van der Waals surface area (Å²) >= 11 is 0. The van der Waals surface area contributed by atoms with Crippen LogP contribution >= 0.6 is 0 Å². The maximum absolute atomic E-state index is 5.32. The molecule has 2 rings (SSSR count). The molecule has 0 aromatic carbocycles. The lowest BCUT2D eigenvalue weighted by molar-refractivity contribution is 0.143. The van der Waals surface area contributed by atoms with E-state index in [-0.39, 0.29) is 0 Å². The monoisotopic (exact) mass is 192 g/mol. The van der Waals surface area contributed by atoms with Gasteiger partial charge in [0.2, 0.25) is 0 Å². The first kappa shape index (κ1) is 10.0. The maximum Gasteiger partial charge on any atom is 0.0214 e. The number of nitrogens with zero attached hydrogens (tertiary/aromatic N) is 1. The van der Waals surface area contributed by atoms with E-state index in [0.29, 0.717) is 5.54 Å². The molecule has 2 heteroatoms. The topological polar surface area (TPSA) is 15.3 Å². The van der Waals surface area contributed by atoms with Gasteiger partial charge in [-0.25, -0.2) is 0 Å². The number of rotatable bonds is 2. The molecule has 2 saturated heterocycles. The van der Waals surface area contributed by atoms with Gasteiger partial charge in [-0.2, -0.15) is 0 Å². The molecule has 2 aliphatic heterocycles. The fourth-order valence-electron chi connectivity index (χ4n) is 3.08. The van der Waals surface area contributed by atoms with Crippen LogP contribution in [-0.2, 0) is 0 Å². The first-order valence-corrected chi connectivity index (χ1v) is 5.55. The van der Waals surface area contributed by atoms with Crippen molar-refractivity contribution in [2.45, 2.75) is 25.8 Å². The summed E-state index contributed by atoms with van der Waals surface area (Å²) in [5.41, 5.74) is 0.338. The fraction of sp³-hybridized carbons (Fsp3) is 0.833. The van der Waals surface area contributed by atoms with Crippen molar-refractivity contribution in [3.05, 3.63) is 0 Å². The normalized spacial score (nSPS) is 35.5. The van der Waals surface area contributed by atoms with Gasteiger partial charge in [0.05, 0.1) is 0 Å². The smallest absolute Gasteiger partial charge is 0.0214 e. The zero-order valence-corrected chi connectivity index (χ0v) is 9.21. The highest BCUT2D eigenvalue weighted by atomic mass is 15.2. The molecule has 1 N–H and O–H groups in total. The third-order valence-corrected chi connectivity index (χ3v) is 4.04. The second kappa shape index (κ2) is 3.56. The zero-order chi connectivity index (χ0) is 10.2.